The van der Waals surface area contributed by atoms with Crippen LogP contribution in [0, 0.1) is 5.92 Å². The van der Waals surface area contributed by atoms with Crippen molar-refractivity contribution in [2.75, 3.05) is 6.54 Å². The van der Waals surface area contributed by atoms with Crippen molar-refractivity contribution >= 4 is 35.6 Å². The monoisotopic (exact) mass is 502 g/mol. The van der Waals surface area contributed by atoms with Gasteiger partial charge in [-0.1, -0.05) is 13.8 Å². The van der Waals surface area contributed by atoms with Gasteiger partial charge in [-0.25, -0.2) is 4.79 Å². The number of primary amides is 1. The standard InChI is InChI=1S/C20H38N8O7/c1-9(2)7-11(21)16(31)28-15(10(3)29)18(33)26-12(5-4-6-25-20(23)24)17(32)27-13(19(34)35)8-14(22)30/h9-13,15,29H,4-8,21H2,1-3H3,(H2,22,30)(H,26,33)(H,27,32)(H,28,31)(H,34,35)(H4,23,24,25). The number of nitrogens with zero attached hydrogens (tertiary/aromatic N) is 1. The first-order valence-corrected chi connectivity index (χ1v) is 11.1. The summed E-state index contributed by atoms with van der Waals surface area (Å²) in [6.07, 6.45) is -1.52. The van der Waals surface area contributed by atoms with Crippen LogP contribution in [0.2, 0.25) is 0 Å². The molecule has 0 aromatic rings. The Balaban J connectivity index is 5.58. The smallest absolute Gasteiger partial charge is 0.326 e. The number of carboxylic acid groups (broad SMARTS) is 1. The lowest BCUT2D eigenvalue weighted by Crippen LogP contribution is -2.60. The Kier molecular flexibility index (Phi) is 13.9. The van der Waals surface area contributed by atoms with Gasteiger partial charge in [0, 0.05) is 6.54 Å². The van der Waals surface area contributed by atoms with Gasteiger partial charge in [0.1, 0.15) is 18.1 Å². The first-order valence-electron chi connectivity index (χ1n) is 11.1. The fraction of sp³-hybridized carbons (Fsp3) is 0.700. The minimum Gasteiger partial charge on any atom is -0.480 e. The van der Waals surface area contributed by atoms with Gasteiger partial charge in [0.05, 0.1) is 18.6 Å². The molecule has 0 bridgehead atoms. The van der Waals surface area contributed by atoms with Gasteiger partial charge in [-0.05, 0) is 32.1 Å². The number of nitrogens with one attached hydrogen (secondary N) is 3. The molecular formula is C20H38N8O7. The van der Waals surface area contributed by atoms with E-state index in [1.54, 1.807) is 0 Å². The highest BCUT2D eigenvalue weighted by atomic mass is 16.4. The molecule has 0 rings (SSSR count). The Morgan fingerprint density at radius 2 is 1.46 bits per heavy atom. The molecule has 5 atom stereocenters. The number of carboxylic acids is 1. The topological polar surface area (TPSA) is 278 Å². The molecule has 0 saturated carbocycles. The van der Waals surface area contributed by atoms with Gasteiger partial charge in [0.15, 0.2) is 5.96 Å². The molecule has 0 fully saturated rings. The molecule has 0 aliphatic rings. The number of carbonyl (C=O) groups is 5. The number of hydrogen-bond donors (Lipinski definition) is 9. The SMILES string of the molecule is CC(C)CC(N)C(=O)NC(C(=O)NC(CCCN=C(N)N)C(=O)NC(CC(N)=O)C(=O)O)C(C)O. The molecule has 0 saturated heterocycles. The number of amides is 4. The van der Waals surface area contributed by atoms with Crippen LogP contribution in [0.15, 0.2) is 4.99 Å². The maximum atomic E-state index is 12.9. The second kappa shape index (κ2) is 15.4. The lowest BCUT2D eigenvalue weighted by molar-refractivity contribution is -0.144. The van der Waals surface area contributed by atoms with E-state index >= 15 is 0 Å². The second-order valence-electron chi connectivity index (χ2n) is 8.54. The van der Waals surface area contributed by atoms with Crippen molar-refractivity contribution in [3.05, 3.63) is 0 Å². The van der Waals surface area contributed by atoms with E-state index in [2.05, 4.69) is 20.9 Å². The van der Waals surface area contributed by atoms with Crippen molar-refractivity contribution in [1.82, 2.24) is 16.0 Å². The molecule has 0 radical (unpaired) electrons. The molecule has 0 spiro atoms. The first-order chi connectivity index (χ1) is 16.1. The highest BCUT2D eigenvalue weighted by Gasteiger charge is 2.32. The van der Waals surface area contributed by atoms with E-state index in [0.717, 1.165) is 0 Å². The number of guanidine groups is 1. The number of aliphatic carboxylic acids is 1. The van der Waals surface area contributed by atoms with Crippen molar-refractivity contribution < 1.29 is 34.2 Å². The predicted octanol–water partition coefficient (Wildman–Crippen LogP) is -3.79. The van der Waals surface area contributed by atoms with Gasteiger partial charge < -0.3 is 49.1 Å². The van der Waals surface area contributed by atoms with Gasteiger partial charge in [-0.2, -0.15) is 0 Å². The predicted molar refractivity (Wildman–Crippen MR) is 126 cm³/mol. The molecular weight excluding hydrogens is 464 g/mol. The highest BCUT2D eigenvalue weighted by Crippen LogP contribution is 2.06. The van der Waals surface area contributed by atoms with Gasteiger partial charge in [0.2, 0.25) is 23.6 Å². The third kappa shape index (κ3) is 13.1. The average Bonchev–Trinajstić information content (AvgIpc) is 2.71. The highest BCUT2D eigenvalue weighted by molar-refractivity contribution is 5.95. The third-order valence-electron chi connectivity index (χ3n) is 4.72. The third-order valence-corrected chi connectivity index (χ3v) is 4.72. The second-order valence-corrected chi connectivity index (χ2v) is 8.54. The first kappa shape index (κ1) is 31.5. The van der Waals surface area contributed by atoms with E-state index in [1.807, 2.05) is 13.8 Å². The molecule has 0 aromatic carbocycles. The fourth-order valence-corrected chi connectivity index (χ4v) is 2.99. The van der Waals surface area contributed by atoms with Crippen molar-refractivity contribution in [3.63, 3.8) is 0 Å². The fourth-order valence-electron chi connectivity index (χ4n) is 2.99. The van der Waals surface area contributed by atoms with Gasteiger partial charge in [0.25, 0.3) is 0 Å². The average molecular weight is 503 g/mol. The number of carbonyl (C=O) groups excluding carboxylic acids is 4. The Morgan fingerprint density at radius 1 is 0.886 bits per heavy atom. The van der Waals surface area contributed by atoms with Crippen molar-refractivity contribution in [2.24, 2.45) is 33.8 Å². The summed E-state index contributed by atoms with van der Waals surface area (Å²) in [7, 11) is 0. The maximum Gasteiger partial charge on any atom is 0.326 e. The molecule has 0 heterocycles. The van der Waals surface area contributed by atoms with E-state index in [9.17, 15) is 34.2 Å². The number of aliphatic imine (C=N–C) groups is 1. The van der Waals surface area contributed by atoms with Crippen LogP contribution in [0.1, 0.15) is 46.5 Å². The summed E-state index contributed by atoms with van der Waals surface area (Å²) >= 11 is 0. The molecule has 4 amide bonds. The molecule has 13 N–H and O–H groups in total. The Morgan fingerprint density at radius 3 is 1.91 bits per heavy atom. The van der Waals surface area contributed by atoms with Crippen LogP contribution in [-0.2, 0) is 24.0 Å². The summed E-state index contributed by atoms with van der Waals surface area (Å²) in [6.45, 7) is 5.09. The Labute approximate surface area is 203 Å². The van der Waals surface area contributed by atoms with Gasteiger partial charge >= 0.3 is 5.97 Å². The zero-order valence-electron chi connectivity index (χ0n) is 20.2. The zero-order valence-corrected chi connectivity index (χ0v) is 20.2. The van der Waals surface area contributed by atoms with E-state index < -0.39 is 66.3 Å². The zero-order chi connectivity index (χ0) is 27.3. The molecule has 200 valence electrons. The van der Waals surface area contributed by atoms with Gasteiger partial charge in [-0.15, -0.1) is 0 Å². The minimum atomic E-state index is -1.63. The van der Waals surface area contributed by atoms with Crippen LogP contribution >= 0.6 is 0 Å². The molecule has 0 aliphatic heterocycles. The van der Waals surface area contributed by atoms with Crippen LogP contribution < -0.4 is 38.9 Å². The number of aliphatic hydroxyl groups is 1. The van der Waals surface area contributed by atoms with Crippen LogP contribution in [-0.4, -0.2) is 82.6 Å². The van der Waals surface area contributed by atoms with Crippen LogP contribution in [0.25, 0.3) is 0 Å². The largest absolute Gasteiger partial charge is 0.480 e. The van der Waals surface area contributed by atoms with Crippen molar-refractivity contribution in [3.8, 4) is 0 Å². The molecule has 15 heteroatoms. The van der Waals surface area contributed by atoms with Crippen molar-refractivity contribution in [1.29, 1.82) is 0 Å². The quantitative estimate of drug-likeness (QED) is 0.0563. The van der Waals surface area contributed by atoms with Crippen LogP contribution in [0.5, 0.6) is 0 Å². The van der Waals surface area contributed by atoms with Gasteiger partial charge in [-0.3, -0.25) is 24.2 Å². The molecule has 0 aromatic heterocycles. The Bertz CT molecular complexity index is 783. The lowest BCUT2D eigenvalue weighted by atomic mass is 10.0. The van der Waals surface area contributed by atoms with Crippen LogP contribution in [0.4, 0.5) is 0 Å². The molecule has 5 unspecified atom stereocenters. The molecule has 0 aliphatic carbocycles. The summed E-state index contributed by atoms with van der Waals surface area (Å²) in [5.74, 6) is -5.04. The molecule has 35 heavy (non-hydrogen) atoms. The maximum absolute atomic E-state index is 12.9. The van der Waals surface area contributed by atoms with E-state index in [0.29, 0.717) is 6.42 Å². The van der Waals surface area contributed by atoms with E-state index in [1.165, 1.54) is 6.92 Å². The van der Waals surface area contributed by atoms with E-state index in [-0.39, 0.29) is 31.3 Å². The number of nitrogens with two attached hydrogens (primary N) is 4. The number of hydrogen-bond acceptors (Lipinski definition) is 8. The normalized spacial score (nSPS) is 15.1. The minimum absolute atomic E-state index is 0.0371. The van der Waals surface area contributed by atoms with Crippen molar-refractivity contribution in [2.45, 2.75) is 76.7 Å². The van der Waals surface area contributed by atoms with Crippen LogP contribution in [0.3, 0.4) is 0 Å². The lowest BCUT2D eigenvalue weighted by Gasteiger charge is -2.26. The summed E-state index contributed by atoms with van der Waals surface area (Å²) in [6, 6.07) is -5.31. The summed E-state index contributed by atoms with van der Waals surface area (Å²) in [4.78, 5) is 64.2. The molecule has 15 nitrogen and oxygen atoms in total. The van der Waals surface area contributed by atoms with E-state index in [4.69, 9.17) is 22.9 Å². The summed E-state index contributed by atoms with van der Waals surface area (Å²) < 4.78 is 0. The number of rotatable bonds is 16. The Hall–Kier alpha value is -3.46. The summed E-state index contributed by atoms with van der Waals surface area (Å²) in [5.41, 5.74) is 21.4. The summed E-state index contributed by atoms with van der Waals surface area (Å²) in [5, 5.41) is 26.2. The number of aliphatic hydroxyl groups excluding tert-OH is 1.